The summed E-state index contributed by atoms with van der Waals surface area (Å²) < 4.78 is 0. The first-order valence-corrected chi connectivity index (χ1v) is 6.85. The van der Waals surface area contributed by atoms with Crippen molar-refractivity contribution in [2.24, 2.45) is 16.8 Å². The average molecular weight is 259 g/mol. The first-order chi connectivity index (χ1) is 9.17. The van der Waals surface area contributed by atoms with E-state index in [1.54, 1.807) is 0 Å². The number of hydrogen-bond acceptors (Lipinski definition) is 3. The van der Waals surface area contributed by atoms with E-state index in [4.69, 9.17) is 5.73 Å². The van der Waals surface area contributed by atoms with Gasteiger partial charge in [0.15, 0.2) is 0 Å². The van der Waals surface area contributed by atoms with Crippen molar-refractivity contribution >= 4 is 17.3 Å². The number of amides is 1. The van der Waals surface area contributed by atoms with Crippen LogP contribution in [0.3, 0.4) is 0 Å². The predicted octanol–water partition coefficient (Wildman–Crippen LogP) is 2.46. The molecule has 1 atom stereocenters. The molecule has 1 aromatic rings. The zero-order valence-electron chi connectivity index (χ0n) is 11.6. The first-order valence-electron chi connectivity index (χ1n) is 6.85. The highest BCUT2D eigenvalue weighted by atomic mass is 16.2. The molecule has 0 aliphatic carbocycles. The van der Waals surface area contributed by atoms with Gasteiger partial charge in [0, 0.05) is 0 Å². The molecule has 0 bridgehead atoms. The SMILES string of the molecule is CCCC1=NN(c2ccc(C)cc2)C(=O)C1CCN. The maximum absolute atomic E-state index is 12.4. The van der Waals surface area contributed by atoms with Gasteiger partial charge in [-0.15, -0.1) is 0 Å². The van der Waals surface area contributed by atoms with Gasteiger partial charge in [0.2, 0.25) is 0 Å². The van der Waals surface area contributed by atoms with Gasteiger partial charge >= 0.3 is 0 Å². The van der Waals surface area contributed by atoms with Crippen LogP contribution < -0.4 is 10.7 Å². The molecule has 102 valence electrons. The molecule has 0 saturated carbocycles. The van der Waals surface area contributed by atoms with Crippen LogP contribution in [0.1, 0.15) is 31.7 Å². The lowest BCUT2D eigenvalue weighted by molar-refractivity contribution is -0.119. The van der Waals surface area contributed by atoms with E-state index < -0.39 is 0 Å². The Labute approximate surface area is 114 Å². The van der Waals surface area contributed by atoms with E-state index in [0.717, 1.165) is 24.2 Å². The lowest BCUT2D eigenvalue weighted by Crippen LogP contribution is -2.29. The van der Waals surface area contributed by atoms with Crippen molar-refractivity contribution in [2.75, 3.05) is 11.6 Å². The smallest absolute Gasteiger partial charge is 0.256 e. The summed E-state index contributed by atoms with van der Waals surface area (Å²) in [6, 6.07) is 7.86. The Bertz CT molecular complexity index is 479. The first kappa shape index (κ1) is 13.7. The number of anilines is 1. The van der Waals surface area contributed by atoms with Crippen molar-refractivity contribution in [1.29, 1.82) is 0 Å². The van der Waals surface area contributed by atoms with E-state index in [1.807, 2.05) is 31.2 Å². The molecule has 4 nitrogen and oxygen atoms in total. The molecule has 19 heavy (non-hydrogen) atoms. The number of nitrogens with zero attached hydrogens (tertiary/aromatic N) is 2. The summed E-state index contributed by atoms with van der Waals surface area (Å²) in [6.45, 7) is 4.64. The molecule has 1 heterocycles. The number of nitrogens with two attached hydrogens (primary N) is 1. The largest absolute Gasteiger partial charge is 0.330 e. The Morgan fingerprint density at radius 1 is 1.32 bits per heavy atom. The van der Waals surface area contributed by atoms with Crippen molar-refractivity contribution in [3.05, 3.63) is 29.8 Å². The Hall–Kier alpha value is -1.68. The molecule has 0 radical (unpaired) electrons. The fourth-order valence-electron chi connectivity index (χ4n) is 2.35. The van der Waals surface area contributed by atoms with E-state index in [1.165, 1.54) is 10.6 Å². The summed E-state index contributed by atoms with van der Waals surface area (Å²) in [5.41, 5.74) is 8.59. The summed E-state index contributed by atoms with van der Waals surface area (Å²) in [5.74, 6) is -0.0796. The average Bonchev–Trinajstić information content (AvgIpc) is 2.70. The van der Waals surface area contributed by atoms with Gasteiger partial charge in [-0.1, -0.05) is 31.0 Å². The zero-order valence-corrected chi connectivity index (χ0v) is 11.6. The number of hydrogen-bond donors (Lipinski definition) is 1. The van der Waals surface area contributed by atoms with Crippen LogP contribution in [0.15, 0.2) is 29.4 Å². The maximum atomic E-state index is 12.4. The second-order valence-corrected chi connectivity index (χ2v) is 4.96. The number of carbonyl (C=O) groups excluding carboxylic acids is 1. The summed E-state index contributed by atoms with van der Waals surface area (Å²) in [6.07, 6.45) is 2.54. The van der Waals surface area contributed by atoms with Gasteiger partial charge in [0.05, 0.1) is 17.3 Å². The molecule has 1 aliphatic heterocycles. The van der Waals surface area contributed by atoms with Crippen LogP contribution in [-0.4, -0.2) is 18.2 Å². The van der Waals surface area contributed by atoms with Crippen molar-refractivity contribution in [3.63, 3.8) is 0 Å². The van der Waals surface area contributed by atoms with Gasteiger partial charge in [0.25, 0.3) is 5.91 Å². The lowest BCUT2D eigenvalue weighted by Gasteiger charge is -2.14. The molecule has 1 unspecified atom stereocenters. The van der Waals surface area contributed by atoms with Crippen LogP contribution >= 0.6 is 0 Å². The van der Waals surface area contributed by atoms with Gasteiger partial charge in [-0.25, -0.2) is 5.01 Å². The van der Waals surface area contributed by atoms with E-state index in [2.05, 4.69) is 12.0 Å². The van der Waals surface area contributed by atoms with Crippen molar-refractivity contribution in [1.82, 2.24) is 0 Å². The van der Waals surface area contributed by atoms with E-state index >= 15 is 0 Å². The van der Waals surface area contributed by atoms with Crippen molar-refractivity contribution in [3.8, 4) is 0 Å². The molecular formula is C15H21N3O. The zero-order chi connectivity index (χ0) is 13.8. The van der Waals surface area contributed by atoms with Crippen LogP contribution in [0, 0.1) is 12.8 Å². The molecule has 0 aromatic heterocycles. The summed E-state index contributed by atoms with van der Waals surface area (Å²) in [5, 5.41) is 6.04. The highest BCUT2D eigenvalue weighted by molar-refractivity contribution is 6.15. The Balaban J connectivity index is 2.26. The van der Waals surface area contributed by atoms with Crippen LogP contribution in [0.25, 0.3) is 0 Å². The summed E-state index contributed by atoms with van der Waals surface area (Å²) in [7, 11) is 0. The number of aryl methyl sites for hydroxylation is 1. The minimum absolute atomic E-state index is 0.0535. The molecule has 2 N–H and O–H groups in total. The van der Waals surface area contributed by atoms with Crippen LogP contribution in [0.5, 0.6) is 0 Å². The summed E-state index contributed by atoms with van der Waals surface area (Å²) >= 11 is 0. The molecule has 0 fully saturated rings. The predicted molar refractivity (Wildman–Crippen MR) is 78.2 cm³/mol. The van der Waals surface area contributed by atoms with Crippen molar-refractivity contribution < 1.29 is 4.79 Å². The lowest BCUT2D eigenvalue weighted by atomic mass is 9.96. The van der Waals surface area contributed by atoms with Crippen LogP contribution in [0.2, 0.25) is 0 Å². The molecule has 1 amide bonds. The Morgan fingerprint density at radius 3 is 2.58 bits per heavy atom. The second kappa shape index (κ2) is 5.97. The van der Waals surface area contributed by atoms with E-state index in [9.17, 15) is 4.79 Å². The Morgan fingerprint density at radius 2 is 2.00 bits per heavy atom. The fourth-order valence-corrected chi connectivity index (χ4v) is 2.35. The highest BCUT2D eigenvalue weighted by Gasteiger charge is 2.35. The van der Waals surface area contributed by atoms with Crippen molar-refractivity contribution in [2.45, 2.75) is 33.1 Å². The molecule has 0 saturated heterocycles. The molecule has 1 aromatic carbocycles. The van der Waals surface area contributed by atoms with Gasteiger partial charge < -0.3 is 5.73 Å². The minimum Gasteiger partial charge on any atom is -0.330 e. The van der Waals surface area contributed by atoms with Gasteiger partial charge in [-0.3, -0.25) is 4.79 Å². The Kier molecular flexibility index (Phi) is 4.32. The van der Waals surface area contributed by atoms with E-state index in [-0.39, 0.29) is 11.8 Å². The van der Waals surface area contributed by atoms with Gasteiger partial charge in [-0.2, -0.15) is 5.10 Å². The third kappa shape index (κ3) is 2.84. The third-order valence-electron chi connectivity index (χ3n) is 3.38. The second-order valence-electron chi connectivity index (χ2n) is 4.96. The topological polar surface area (TPSA) is 58.7 Å². The standard InChI is InChI=1S/C15H21N3O/c1-3-4-14-13(9-10-16)15(19)18(17-14)12-7-5-11(2)6-8-12/h5-8,13H,3-4,9-10,16H2,1-2H3. The quantitative estimate of drug-likeness (QED) is 0.883. The minimum atomic E-state index is -0.133. The monoisotopic (exact) mass is 259 g/mol. The van der Waals surface area contributed by atoms with Gasteiger partial charge in [0.1, 0.15) is 0 Å². The van der Waals surface area contributed by atoms with E-state index in [0.29, 0.717) is 13.0 Å². The molecule has 4 heteroatoms. The number of hydrazone groups is 1. The highest BCUT2D eigenvalue weighted by Crippen LogP contribution is 2.27. The maximum Gasteiger partial charge on any atom is 0.256 e. The van der Waals surface area contributed by atoms with Crippen LogP contribution in [0.4, 0.5) is 5.69 Å². The molecule has 1 aliphatic rings. The van der Waals surface area contributed by atoms with Crippen LogP contribution in [-0.2, 0) is 4.79 Å². The van der Waals surface area contributed by atoms with Gasteiger partial charge in [-0.05, 0) is 38.4 Å². The molecular weight excluding hydrogens is 238 g/mol. The summed E-state index contributed by atoms with van der Waals surface area (Å²) in [4.78, 5) is 12.4. The molecule has 2 rings (SSSR count). The fraction of sp³-hybridized carbons (Fsp3) is 0.467. The number of rotatable bonds is 5. The molecule has 0 spiro atoms. The normalized spacial score (nSPS) is 18.9. The number of carbonyl (C=O) groups is 1. The third-order valence-corrected chi connectivity index (χ3v) is 3.38. The number of benzene rings is 1.